The SMILES string of the molecule is CCCCCCCCCCCCCCOS(=O)(=O)c1ccc(C)cc1.CN(C)C. The third-order valence-electron chi connectivity index (χ3n) is 4.55. The van der Waals surface area contributed by atoms with Crippen molar-refractivity contribution in [2.75, 3.05) is 27.7 Å². The summed E-state index contributed by atoms with van der Waals surface area (Å²) in [6.45, 7) is 4.47. The maximum atomic E-state index is 12.0. The summed E-state index contributed by atoms with van der Waals surface area (Å²) in [6, 6.07) is 6.79. The van der Waals surface area contributed by atoms with Gasteiger partial charge in [0.05, 0.1) is 11.5 Å². The van der Waals surface area contributed by atoms with E-state index in [2.05, 4.69) is 6.92 Å². The van der Waals surface area contributed by atoms with Crippen LogP contribution < -0.4 is 0 Å². The average Bonchev–Trinajstić information content (AvgIpc) is 2.65. The lowest BCUT2D eigenvalue weighted by atomic mass is 10.1. The van der Waals surface area contributed by atoms with Crippen molar-refractivity contribution in [2.24, 2.45) is 0 Å². The van der Waals surface area contributed by atoms with E-state index in [9.17, 15) is 8.42 Å². The summed E-state index contributed by atoms with van der Waals surface area (Å²) >= 11 is 0. The normalized spacial score (nSPS) is 11.4. The zero-order chi connectivity index (χ0) is 22.0. The van der Waals surface area contributed by atoms with Crippen LogP contribution in [0.25, 0.3) is 0 Å². The fourth-order valence-corrected chi connectivity index (χ4v) is 3.83. The van der Waals surface area contributed by atoms with Crippen LogP contribution in [0.3, 0.4) is 0 Å². The topological polar surface area (TPSA) is 46.6 Å². The summed E-state index contributed by atoms with van der Waals surface area (Å²) < 4.78 is 29.2. The Labute approximate surface area is 181 Å². The van der Waals surface area contributed by atoms with E-state index in [4.69, 9.17) is 4.18 Å². The first-order valence-electron chi connectivity index (χ1n) is 11.4. The molecule has 0 N–H and O–H groups in total. The number of hydrogen-bond donors (Lipinski definition) is 0. The Hall–Kier alpha value is -0.910. The van der Waals surface area contributed by atoms with Gasteiger partial charge in [0, 0.05) is 0 Å². The number of nitrogens with zero attached hydrogens (tertiary/aromatic N) is 1. The minimum Gasteiger partial charge on any atom is -0.312 e. The van der Waals surface area contributed by atoms with Crippen LogP contribution in [0.4, 0.5) is 0 Å². The Morgan fingerprint density at radius 2 is 1.10 bits per heavy atom. The zero-order valence-electron chi connectivity index (χ0n) is 19.6. The smallest absolute Gasteiger partial charge is 0.296 e. The highest BCUT2D eigenvalue weighted by Gasteiger charge is 2.14. The molecule has 0 atom stereocenters. The van der Waals surface area contributed by atoms with E-state index in [-0.39, 0.29) is 11.5 Å². The first kappa shape index (κ1) is 28.1. The summed E-state index contributed by atoms with van der Waals surface area (Å²) in [4.78, 5) is 2.25. The van der Waals surface area contributed by atoms with Crippen molar-refractivity contribution in [3.8, 4) is 0 Å². The van der Waals surface area contributed by atoms with Crippen LogP contribution in [-0.2, 0) is 14.3 Å². The standard InChI is InChI=1S/C21H36O3S.C3H9N/c1-3-4-5-6-7-8-9-10-11-12-13-14-19-24-25(22,23)21-17-15-20(2)16-18-21;1-4(2)3/h15-18H,3-14,19H2,1-2H3;1-3H3. The van der Waals surface area contributed by atoms with Gasteiger partial charge in [0.25, 0.3) is 10.1 Å². The lowest BCUT2D eigenvalue weighted by molar-refractivity contribution is 0.306. The highest BCUT2D eigenvalue weighted by molar-refractivity contribution is 7.86. The fourth-order valence-electron chi connectivity index (χ4n) is 2.88. The van der Waals surface area contributed by atoms with Gasteiger partial charge in [0.2, 0.25) is 0 Å². The van der Waals surface area contributed by atoms with Gasteiger partial charge in [0.15, 0.2) is 0 Å². The first-order valence-corrected chi connectivity index (χ1v) is 12.8. The second-order valence-corrected chi connectivity index (χ2v) is 9.94. The molecule has 29 heavy (non-hydrogen) atoms. The van der Waals surface area contributed by atoms with Gasteiger partial charge < -0.3 is 4.90 Å². The van der Waals surface area contributed by atoms with E-state index in [1.807, 2.05) is 33.0 Å². The van der Waals surface area contributed by atoms with Crippen LogP contribution in [0.15, 0.2) is 29.2 Å². The number of benzene rings is 1. The molecule has 1 aromatic carbocycles. The molecule has 1 rings (SSSR count). The van der Waals surface area contributed by atoms with E-state index in [0.29, 0.717) is 0 Å². The van der Waals surface area contributed by atoms with Gasteiger partial charge in [-0.05, 0) is 46.6 Å². The highest BCUT2D eigenvalue weighted by Crippen LogP contribution is 2.15. The second kappa shape index (κ2) is 17.9. The van der Waals surface area contributed by atoms with Crippen molar-refractivity contribution < 1.29 is 12.6 Å². The number of unbranched alkanes of at least 4 members (excludes halogenated alkanes) is 11. The molecule has 0 aliphatic heterocycles. The van der Waals surface area contributed by atoms with Gasteiger partial charge in [-0.2, -0.15) is 8.42 Å². The van der Waals surface area contributed by atoms with Crippen molar-refractivity contribution >= 4 is 10.1 Å². The van der Waals surface area contributed by atoms with Gasteiger partial charge in [-0.3, -0.25) is 4.18 Å². The van der Waals surface area contributed by atoms with Gasteiger partial charge in [0.1, 0.15) is 0 Å². The molecule has 0 aliphatic carbocycles. The average molecular weight is 428 g/mol. The van der Waals surface area contributed by atoms with Gasteiger partial charge >= 0.3 is 0 Å². The summed E-state index contributed by atoms with van der Waals surface area (Å²) in [5.41, 5.74) is 1.04. The Bertz CT molecular complexity index is 580. The van der Waals surface area contributed by atoms with E-state index < -0.39 is 10.1 Å². The molecule has 4 nitrogen and oxygen atoms in total. The molecule has 0 aliphatic rings. The lowest BCUT2D eigenvalue weighted by Crippen LogP contribution is -2.07. The molecule has 0 saturated carbocycles. The Balaban J connectivity index is 0.00000178. The molecule has 0 fully saturated rings. The van der Waals surface area contributed by atoms with E-state index in [1.165, 1.54) is 64.2 Å². The van der Waals surface area contributed by atoms with Gasteiger partial charge in [-0.25, -0.2) is 0 Å². The van der Waals surface area contributed by atoms with Crippen LogP contribution in [0.2, 0.25) is 0 Å². The molecule has 0 aromatic heterocycles. The molecule has 0 amide bonds. The molecule has 0 bridgehead atoms. The Kier molecular flexibility index (Phi) is 17.3. The van der Waals surface area contributed by atoms with Crippen LogP contribution in [0.5, 0.6) is 0 Å². The van der Waals surface area contributed by atoms with Crippen molar-refractivity contribution in [1.29, 1.82) is 0 Å². The molecule has 0 heterocycles. The van der Waals surface area contributed by atoms with Crippen molar-refractivity contribution in [1.82, 2.24) is 4.90 Å². The Morgan fingerprint density at radius 1 is 0.724 bits per heavy atom. The predicted molar refractivity (Wildman–Crippen MR) is 125 cm³/mol. The van der Waals surface area contributed by atoms with Gasteiger partial charge in [-0.1, -0.05) is 95.2 Å². The Morgan fingerprint density at radius 3 is 1.52 bits per heavy atom. The predicted octanol–water partition coefficient (Wildman–Crippen LogP) is 6.58. The maximum Gasteiger partial charge on any atom is 0.296 e. The largest absolute Gasteiger partial charge is 0.312 e. The van der Waals surface area contributed by atoms with Crippen LogP contribution in [-0.4, -0.2) is 41.1 Å². The van der Waals surface area contributed by atoms with E-state index in [0.717, 1.165) is 18.4 Å². The summed E-state index contributed by atoms with van der Waals surface area (Å²) in [7, 11) is 2.41. The van der Waals surface area contributed by atoms with E-state index >= 15 is 0 Å². The van der Waals surface area contributed by atoms with Gasteiger partial charge in [-0.15, -0.1) is 0 Å². The molecule has 0 unspecified atom stereocenters. The van der Waals surface area contributed by atoms with Crippen LogP contribution >= 0.6 is 0 Å². The molecule has 1 aromatic rings. The first-order chi connectivity index (χ1) is 13.8. The minimum absolute atomic E-state index is 0.247. The maximum absolute atomic E-state index is 12.0. The second-order valence-electron chi connectivity index (χ2n) is 8.32. The third-order valence-corrected chi connectivity index (χ3v) is 5.87. The van der Waals surface area contributed by atoms with Crippen LogP contribution in [0, 0.1) is 6.92 Å². The molecule has 170 valence electrons. The molecule has 5 heteroatoms. The van der Waals surface area contributed by atoms with Crippen molar-refractivity contribution in [3.63, 3.8) is 0 Å². The zero-order valence-corrected chi connectivity index (χ0v) is 20.4. The number of rotatable bonds is 15. The molecular weight excluding hydrogens is 382 g/mol. The quantitative estimate of drug-likeness (QED) is 0.234. The molecule has 0 spiro atoms. The lowest BCUT2D eigenvalue weighted by Gasteiger charge is -2.06. The monoisotopic (exact) mass is 427 g/mol. The summed E-state index contributed by atoms with van der Waals surface area (Å²) in [5, 5.41) is 0. The molecule has 0 saturated heterocycles. The third kappa shape index (κ3) is 17.6. The van der Waals surface area contributed by atoms with Crippen molar-refractivity contribution in [3.05, 3.63) is 29.8 Å². The van der Waals surface area contributed by atoms with Crippen molar-refractivity contribution in [2.45, 2.75) is 95.8 Å². The number of hydrogen-bond acceptors (Lipinski definition) is 4. The van der Waals surface area contributed by atoms with E-state index in [1.54, 1.807) is 24.3 Å². The molecule has 0 radical (unpaired) electrons. The van der Waals surface area contributed by atoms with Crippen LogP contribution in [0.1, 0.15) is 89.5 Å². The number of aryl methyl sites for hydroxylation is 1. The summed E-state index contributed by atoms with van der Waals surface area (Å²) in [5.74, 6) is 0. The molecular formula is C24H45NO3S. The fraction of sp³-hybridized carbons (Fsp3) is 0.750. The minimum atomic E-state index is -3.59. The highest BCUT2D eigenvalue weighted by atomic mass is 32.2. The summed E-state index contributed by atoms with van der Waals surface area (Å²) in [6.07, 6.45) is 15.1.